The Morgan fingerprint density at radius 1 is 1.29 bits per heavy atom. The van der Waals surface area contributed by atoms with Crippen LogP contribution in [0.1, 0.15) is 31.2 Å². The highest BCUT2D eigenvalue weighted by atomic mass is 35.5. The minimum atomic E-state index is -4.54. The molecule has 1 fully saturated rings. The second kappa shape index (κ2) is 6.66. The van der Waals surface area contributed by atoms with E-state index in [-0.39, 0.29) is 23.2 Å². The van der Waals surface area contributed by atoms with E-state index in [2.05, 4.69) is 10.6 Å². The van der Waals surface area contributed by atoms with Gasteiger partial charge in [-0.1, -0.05) is 24.4 Å². The van der Waals surface area contributed by atoms with Gasteiger partial charge in [0.15, 0.2) is 0 Å². The number of hydrogen-bond donors (Lipinski definition) is 2. The third-order valence-corrected chi connectivity index (χ3v) is 3.79. The van der Waals surface area contributed by atoms with Crippen LogP contribution in [0.2, 0.25) is 5.02 Å². The summed E-state index contributed by atoms with van der Waals surface area (Å²) in [5, 5.41) is 5.16. The molecule has 2 N–H and O–H groups in total. The number of rotatable bonds is 4. The fraction of sp³-hybridized carbons (Fsp3) is 0.500. The highest BCUT2D eigenvalue weighted by Crippen LogP contribution is 2.36. The summed E-state index contributed by atoms with van der Waals surface area (Å²) in [6.45, 7) is 0.0919. The van der Waals surface area contributed by atoms with Crippen LogP contribution < -0.4 is 10.6 Å². The third kappa shape index (κ3) is 4.61. The van der Waals surface area contributed by atoms with Crippen molar-refractivity contribution in [3.8, 4) is 0 Å². The summed E-state index contributed by atoms with van der Waals surface area (Å²) < 4.78 is 38.1. The van der Waals surface area contributed by atoms with Gasteiger partial charge in [-0.25, -0.2) is 0 Å². The fourth-order valence-corrected chi connectivity index (χ4v) is 2.62. The lowest BCUT2D eigenvalue weighted by molar-refractivity contribution is -0.137. The fourth-order valence-electron chi connectivity index (χ4n) is 2.39. The Morgan fingerprint density at radius 2 is 1.95 bits per heavy atom. The molecule has 2 rings (SSSR count). The highest BCUT2D eigenvalue weighted by molar-refractivity contribution is 6.31. The summed E-state index contributed by atoms with van der Waals surface area (Å²) in [4.78, 5) is 11.7. The first-order valence-corrected chi connectivity index (χ1v) is 7.14. The van der Waals surface area contributed by atoms with Crippen LogP contribution in [-0.2, 0) is 11.0 Å². The lowest BCUT2D eigenvalue weighted by Gasteiger charge is -2.13. The molecule has 0 heterocycles. The van der Waals surface area contributed by atoms with E-state index in [1.54, 1.807) is 0 Å². The van der Waals surface area contributed by atoms with Gasteiger partial charge in [0.05, 0.1) is 17.1 Å². The largest absolute Gasteiger partial charge is 0.417 e. The van der Waals surface area contributed by atoms with Crippen molar-refractivity contribution in [3.63, 3.8) is 0 Å². The molecule has 1 aromatic rings. The van der Waals surface area contributed by atoms with Gasteiger partial charge in [-0.2, -0.15) is 13.2 Å². The van der Waals surface area contributed by atoms with Crippen LogP contribution in [0.25, 0.3) is 0 Å². The van der Waals surface area contributed by atoms with Crippen LogP contribution in [0.5, 0.6) is 0 Å². The Balaban J connectivity index is 1.94. The number of carbonyl (C=O) groups is 1. The Labute approximate surface area is 125 Å². The van der Waals surface area contributed by atoms with Gasteiger partial charge in [-0.3, -0.25) is 4.79 Å². The Morgan fingerprint density at radius 3 is 2.57 bits per heavy atom. The molecule has 21 heavy (non-hydrogen) atoms. The Bertz CT molecular complexity index is 513. The maximum Gasteiger partial charge on any atom is 0.417 e. The summed E-state index contributed by atoms with van der Waals surface area (Å²) in [5.74, 6) is -0.364. The minimum absolute atomic E-state index is 0.0879. The number of nitrogens with one attached hydrogen (secondary N) is 2. The summed E-state index contributed by atoms with van der Waals surface area (Å²) in [5.41, 5.74) is -0.865. The molecule has 1 aliphatic rings. The van der Waals surface area contributed by atoms with Crippen molar-refractivity contribution in [2.75, 3.05) is 11.9 Å². The number of alkyl halides is 3. The van der Waals surface area contributed by atoms with Gasteiger partial charge in [0, 0.05) is 11.7 Å². The standard InChI is InChI=1S/C14H16ClF3N2O/c15-12-6-5-10(7-11(12)14(16,17)18)20-13(21)8-19-9-3-1-2-4-9/h5-7,9,19H,1-4,8H2,(H,20,21). The van der Waals surface area contributed by atoms with E-state index in [0.717, 1.165) is 37.8 Å². The smallest absolute Gasteiger partial charge is 0.325 e. The molecule has 116 valence electrons. The first kappa shape index (κ1) is 16.1. The van der Waals surface area contributed by atoms with Crippen molar-refractivity contribution in [1.82, 2.24) is 5.32 Å². The predicted octanol–water partition coefficient (Wildman–Crippen LogP) is 3.83. The zero-order chi connectivity index (χ0) is 15.5. The second-order valence-electron chi connectivity index (χ2n) is 5.10. The second-order valence-corrected chi connectivity index (χ2v) is 5.51. The van der Waals surface area contributed by atoms with E-state index >= 15 is 0 Å². The Hall–Kier alpha value is -1.27. The van der Waals surface area contributed by atoms with Crippen LogP contribution in [0.15, 0.2) is 18.2 Å². The van der Waals surface area contributed by atoms with E-state index in [1.165, 1.54) is 6.07 Å². The van der Waals surface area contributed by atoms with E-state index < -0.39 is 11.7 Å². The van der Waals surface area contributed by atoms with Crippen molar-refractivity contribution in [2.24, 2.45) is 0 Å². The molecule has 0 atom stereocenters. The van der Waals surface area contributed by atoms with Gasteiger partial charge < -0.3 is 10.6 Å². The number of halogens is 4. The summed E-state index contributed by atoms with van der Waals surface area (Å²) in [7, 11) is 0. The molecule has 0 aliphatic heterocycles. The third-order valence-electron chi connectivity index (χ3n) is 3.46. The molecule has 1 amide bonds. The molecular weight excluding hydrogens is 305 g/mol. The molecule has 0 unspecified atom stereocenters. The van der Waals surface area contributed by atoms with Gasteiger partial charge in [-0.05, 0) is 31.0 Å². The predicted molar refractivity (Wildman–Crippen MR) is 75.3 cm³/mol. The highest BCUT2D eigenvalue weighted by Gasteiger charge is 2.33. The number of anilines is 1. The first-order valence-electron chi connectivity index (χ1n) is 6.76. The molecule has 0 aromatic heterocycles. The number of carbonyl (C=O) groups excluding carboxylic acids is 1. The topological polar surface area (TPSA) is 41.1 Å². The van der Waals surface area contributed by atoms with Crippen LogP contribution in [-0.4, -0.2) is 18.5 Å². The lowest BCUT2D eigenvalue weighted by atomic mass is 10.2. The van der Waals surface area contributed by atoms with E-state index in [1.807, 2.05) is 0 Å². The monoisotopic (exact) mass is 320 g/mol. The maximum atomic E-state index is 12.7. The van der Waals surface area contributed by atoms with Crippen LogP contribution in [0, 0.1) is 0 Å². The average Bonchev–Trinajstić information content (AvgIpc) is 2.90. The molecule has 1 aromatic carbocycles. The lowest BCUT2D eigenvalue weighted by Crippen LogP contribution is -2.34. The van der Waals surface area contributed by atoms with Crippen molar-refractivity contribution >= 4 is 23.2 Å². The van der Waals surface area contributed by atoms with Crippen molar-refractivity contribution in [3.05, 3.63) is 28.8 Å². The van der Waals surface area contributed by atoms with Gasteiger partial charge in [0.2, 0.25) is 5.91 Å². The van der Waals surface area contributed by atoms with E-state index in [0.29, 0.717) is 6.04 Å². The van der Waals surface area contributed by atoms with Crippen LogP contribution in [0.3, 0.4) is 0 Å². The number of hydrogen-bond acceptors (Lipinski definition) is 2. The van der Waals surface area contributed by atoms with Gasteiger partial charge in [0.25, 0.3) is 0 Å². The quantitative estimate of drug-likeness (QED) is 0.885. The van der Waals surface area contributed by atoms with Crippen LogP contribution in [0.4, 0.5) is 18.9 Å². The first-order chi connectivity index (χ1) is 9.86. The van der Waals surface area contributed by atoms with Crippen molar-refractivity contribution < 1.29 is 18.0 Å². The van der Waals surface area contributed by atoms with Crippen molar-refractivity contribution in [1.29, 1.82) is 0 Å². The molecule has 0 bridgehead atoms. The summed E-state index contributed by atoms with van der Waals surface area (Å²) in [6, 6.07) is 3.65. The molecule has 0 saturated heterocycles. The molecule has 1 saturated carbocycles. The van der Waals surface area contributed by atoms with Gasteiger partial charge in [-0.15, -0.1) is 0 Å². The molecule has 0 radical (unpaired) electrons. The zero-order valence-electron chi connectivity index (χ0n) is 11.3. The van der Waals surface area contributed by atoms with Gasteiger partial charge >= 0.3 is 6.18 Å². The molecule has 0 spiro atoms. The molecule has 3 nitrogen and oxygen atoms in total. The number of amides is 1. The summed E-state index contributed by atoms with van der Waals surface area (Å²) in [6.07, 6.45) is -0.185. The van der Waals surface area contributed by atoms with E-state index in [9.17, 15) is 18.0 Å². The normalized spacial score (nSPS) is 16.2. The average molecular weight is 321 g/mol. The molecule has 1 aliphatic carbocycles. The van der Waals surface area contributed by atoms with Gasteiger partial charge in [0.1, 0.15) is 0 Å². The minimum Gasteiger partial charge on any atom is -0.325 e. The summed E-state index contributed by atoms with van der Waals surface area (Å²) >= 11 is 5.52. The SMILES string of the molecule is O=C(CNC1CCCC1)Nc1ccc(Cl)c(C(F)(F)F)c1. The van der Waals surface area contributed by atoms with E-state index in [4.69, 9.17) is 11.6 Å². The van der Waals surface area contributed by atoms with Crippen LogP contribution >= 0.6 is 11.6 Å². The maximum absolute atomic E-state index is 12.7. The number of benzene rings is 1. The van der Waals surface area contributed by atoms with Crippen molar-refractivity contribution in [2.45, 2.75) is 37.9 Å². The molecule has 7 heteroatoms. The molecular formula is C14H16ClF3N2O. The zero-order valence-corrected chi connectivity index (χ0v) is 12.0. The Kier molecular flexibility index (Phi) is 5.11.